The molecule has 1 N–H and O–H groups in total. The Hall–Kier alpha value is -2.12. The first kappa shape index (κ1) is 19.8. The van der Waals surface area contributed by atoms with Crippen molar-refractivity contribution in [3.8, 4) is 0 Å². The molecule has 0 unspecified atom stereocenters. The largest absolute Gasteiger partial charge is 0.442 e. The van der Waals surface area contributed by atoms with E-state index in [2.05, 4.69) is 10.3 Å². The molecule has 3 aromatic rings. The molecule has 5 rings (SSSR count). The van der Waals surface area contributed by atoms with Crippen LogP contribution in [0.4, 0.5) is 0 Å². The van der Waals surface area contributed by atoms with Gasteiger partial charge in [0, 0.05) is 22.7 Å². The van der Waals surface area contributed by atoms with Crippen molar-refractivity contribution in [3.05, 3.63) is 47.0 Å². The van der Waals surface area contributed by atoms with E-state index in [-0.39, 0.29) is 23.6 Å². The molecule has 158 valence electrons. The monoisotopic (exact) mass is 446 g/mol. The molecule has 2 aliphatic carbocycles. The lowest BCUT2D eigenvalue weighted by Crippen LogP contribution is -2.37. The number of fused-ring (bicyclic) bond motifs is 1. The van der Waals surface area contributed by atoms with E-state index in [0.29, 0.717) is 21.8 Å². The molecule has 0 bridgehead atoms. The Kier molecular flexibility index (Phi) is 5.41. The number of benzene rings is 1. The van der Waals surface area contributed by atoms with Crippen molar-refractivity contribution >= 4 is 39.4 Å². The molecule has 8 heteroatoms. The van der Waals surface area contributed by atoms with Gasteiger partial charge in [-0.2, -0.15) is 0 Å². The van der Waals surface area contributed by atoms with Gasteiger partial charge in [-0.1, -0.05) is 11.6 Å². The van der Waals surface area contributed by atoms with E-state index < -0.39 is 10.8 Å². The van der Waals surface area contributed by atoms with Crippen molar-refractivity contribution in [2.45, 2.75) is 55.6 Å². The van der Waals surface area contributed by atoms with Gasteiger partial charge >= 0.3 is 0 Å². The van der Waals surface area contributed by atoms with Crippen molar-refractivity contribution in [3.63, 3.8) is 0 Å². The number of halogens is 1. The maximum atomic E-state index is 12.5. The predicted molar refractivity (Wildman–Crippen MR) is 114 cm³/mol. The van der Waals surface area contributed by atoms with Gasteiger partial charge < -0.3 is 14.2 Å². The van der Waals surface area contributed by atoms with E-state index >= 15 is 0 Å². The minimum absolute atomic E-state index is 0.0816. The van der Waals surface area contributed by atoms with Crippen LogP contribution in [0.3, 0.4) is 0 Å². The summed E-state index contributed by atoms with van der Waals surface area (Å²) in [5.41, 5.74) is 1.53. The molecular formula is C22H23ClN2O4S. The summed E-state index contributed by atoms with van der Waals surface area (Å²) in [6.45, 7) is 0. The second kappa shape index (κ2) is 8.19. The maximum Gasteiger partial charge on any atom is 0.287 e. The molecule has 2 heterocycles. The topological polar surface area (TPSA) is 85.3 Å². The number of furan rings is 1. The average molecular weight is 447 g/mol. The number of nitrogens with zero attached hydrogens (tertiary/aromatic N) is 1. The fourth-order valence-electron chi connectivity index (χ4n) is 3.98. The molecule has 0 radical (unpaired) electrons. The van der Waals surface area contributed by atoms with Crippen molar-refractivity contribution < 1.29 is 17.8 Å². The lowest BCUT2D eigenvalue weighted by Gasteiger charge is -2.27. The molecule has 2 aromatic heterocycles. The Morgan fingerprint density at radius 3 is 2.67 bits per heavy atom. The number of carbonyl (C=O) groups excluding carboxylic acids is 1. The summed E-state index contributed by atoms with van der Waals surface area (Å²) >= 11 is 6.03. The number of rotatable bonds is 6. The van der Waals surface area contributed by atoms with E-state index in [4.69, 9.17) is 20.4 Å². The van der Waals surface area contributed by atoms with Crippen LogP contribution in [0.15, 0.2) is 44.3 Å². The van der Waals surface area contributed by atoms with Gasteiger partial charge in [0.2, 0.25) is 0 Å². The predicted octanol–water partition coefficient (Wildman–Crippen LogP) is 5.05. The highest BCUT2D eigenvalue weighted by atomic mass is 35.5. The van der Waals surface area contributed by atoms with Crippen LogP contribution >= 0.6 is 11.6 Å². The van der Waals surface area contributed by atoms with Gasteiger partial charge in [-0.3, -0.25) is 9.00 Å². The molecule has 1 atom stereocenters. The molecule has 1 amide bonds. The fourth-order valence-corrected chi connectivity index (χ4v) is 5.47. The molecule has 6 nitrogen and oxygen atoms in total. The summed E-state index contributed by atoms with van der Waals surface area (Å²) in [5.74, 6) is 2.13. The third-order valence-electron chi connectivity index (χ3n) is 5.89. The van der Waals surface area contributed by atoms with Crippen molar-refractivity contribution in [2.24, 2.45) is 5.92 Å². The highest BCUT2D eigenvalue weighted by Crippen LogP contribution is 2.35. The number of carbonyl (C=O) groups is 1. The molecular weight excluding hydrogens is 424 g/mol. The minimum atomic E-state index is -1.16. The van der Waals surface area contributed by atoms with E-state index in [1.54, 1.807) is 18.2 Å². The van der Waals surface area contributed by atoms with E-state index in [9.17, 15) is 9.00 Å². The highest BCUT2D eigenvalue weighted by Gasteiger charge is 2.29. The Morgan fingerprint density at radius 1 is 1.10 bits per heavy atom. The number of hydrogen-bond donors (Lipinski definition) is 1. The van der Waals surface area contributed by atoms with Gasteiger partial charge in [0.15, 0.2) is 22.3 Å². The first-order chi connectivity index (χ1) is 14.5. The lowest BCUT2D eigenvalue weighted by atomic mass is 9.86. The smallest absolute Gasteiger partial charge is 0.287 e. The van der Waals surface area contributed by atoms with E-state index in [1.165, 1.54) is 0 Å². The normalized spacial score (nSPS) is 22.8. The Balaban J connectivity index is 1.16. The molecule has 1 aromatic carbocycles. The van der Waals surface area contributed by atoms with Crippen LogP contribution in [-0.4, -0.2) is 26.9 Å². The van der Waals surface area contributed by atoms with Crippen LogP contribution in [0, 0.1) is 5.92 Å². The summed E-state index contributed by atoms with van der Waals surface area (Å²) in [7, 11) is -1.16. The van der Waals surface area contributed by atoms with E-state index in [1.807, 2.05) is 12.1 Å². The van der Waals surface area contributed by atoms with Gasteiger partial charge in [0.1, 0.15) is 5.52 Å². The van der Waals surface area contributed by atoms with E-state index in [0.717, 1.165) is 55.5 Å². The number of amides is 1. The van der Waals surface area contributed by atoms with Crippen LogP contribution in [0.1, 0.15) is 60.9 Å². The second-order valence-corrected chi connectivity index (χ2v) is 10.1. The molecule has 2 aliphatic rings. The average Bonchev–Trinajstić information content (AvgIpc) is 3.25. The molecule has 0 aliphatic heterocycles. The number of hydrogen-bond acceptors (Lipinski definition) is 5. The van der Waals surface area contributed by atoms with Gasteiger partial charge in [-0.25, -0.2) is 4.98 Å². The van der Waals surface area contributed by atoms with Gasteiger partial charge in [0.25, 0.3) is 5.91 Å². The van der Waals surface area contributed by atoms with Crippen LogP contribution in [0.5, 0.6) is 0 Å². The molecule has 2 fully saturated rings. The number of nitrogens with one attached hydrogen (secondary N) is 1. The zero-order valence-electron chi connectivity index (χ0n) is 16.4. The summed E-state index contributed by atoms with van der Waals surface area (Å²) < 4.78 is 23.7. The summed E-state index contributed by atoms with van der Waals surface area (Å²) in [6, 6.07) is 8.81. The highest BCUT2D eigenvalue weighted by molar-refractivity contribution is 7.84. The summed E-state index contributed by atoms with van der Waals surface area (Å²) in [4.78, 5) is 17.1. The van der Waals surface area contributed by atoms with Crippen LogP contribution in [-0.2, 0) is 10.8 Å². The fraction of sp³-hybridized carbons (Fsp3) is 0.455. The quantitative estimate of drug-likeness (QED) is 0.572. The molecule has 30 heavy (non-hydrogen) atoms. The first-order valence-electron chi connectivity index (χ1n) is 10.4. The third kappa shape index (κ3) is 4.32. The zero-order valence-corrected chi connectivity index (χ0v) is 18.0. The number of aromatic nitrogens is 1. The van der Waals surface area contributed by atoms with Crippen LogP contribution in [0.25, 0.3) is 11.1 Å². The van der Waals surface area contributed by atoms with Crippen molar-refractivity contribution in [1.82, 2.24) is 10.3 Å². The summed E-state index contributed by atoms with van der Waals surface area (Å²) in [6.07, 6.45) is 5.74. The van der Waals surface area contributed by atoms with Gasteiger partial charge in [0.05, 0.1) is 10.8 Å². The van der Waals surface area contributed by atoms with Crippen LogP contribution in [0.2, 0.25) is 5.02 Å². The SMILES string of the molecule is O=C(NC1CCC(c2nc3cc(Cl)ccc3o2)CC1)c1ccc([S@@](=O)CC2CC2)o1. The Labute approximate surface area is 181 Å². The lowest BCUT2D eigenvalue weighted by molar-refractivity contribution is 0.0891. The minimum Gasteiger partial charge on any atom is -0.442 e. The Bertz CT molecular complexity index is 1100. The number of oxazole rings is 1. The zero-order chi connectivity index (χ0) is 20.7. The van der Waals surface area contributed by atoms with Crippen molar-refractivity contribution in [1.29, 1.82) is 0 Å². The van der Waals surface area contributed by atoms with Crippen molar-refractivity contribution in [2.75, 3.05) is 5.75 Å². The molecule has 0 saturated heterocycles. The second-order valence-electron chi connectivity index (χ2n) is 8.26. The first-order valence-corrected chi connectivity index (χ1v) is 12.1. The molecule has 2 saturated carbocycles. The van der Waals surface area contributed by atoms with Crippen LogP contribution < -0.4 is 5.32 Å². The van der Waals surface area contributed by atoms with Gasteiger partial charge in [-0.15, -0.1) is 0 Å². The summed E-state index contributed by atoms with van der Waals surface area (Å²) in [5, 5.41) is 4.09. The Morgan fingerprint density at radius 2 is 1.90 bits per heavy atom. The maximum absolute atomic E-state index is 12.5. The van der Waals surface area contributed by atoms with Gasteiger partial charge in [-0.05, 0) is 74.8 Å². The third-order valence-corrected chi connectivity index (χ3v) is 7.57. The standard InChI is InChI=1S/C22H23ClN2O4S/c23-15-5-8-18-17(11-15)25-22(29-18)14-3-6-16(7-4-14)24-21(26)19-9-10-20(28-19)30(27)12-13-1-2-13/h5,8-11,13-14,16H,1-4,6-7,12H2,(H,24,26)/t14?,16?,30-/m0/s1. The molecule has 0 spiro atoms.